The van der Waals surface area contributed by atoms with Gasteiger partial charge < -0.3 is 0 Å². The Morgan fingerprint density at radius 3 is 2.77 bits per heavy atom. The maximum Gasteiger partial charge on any atom is 0.152 e. The summed E-state index contributed by atoms with van der Waals surface area (Å²) in [4.78, 5) is 3.73. The summed E-state index contributed by atoms with van der Waals surface area (Å²) in [7, 11) is 0. The number of nitriles is 2. The molecule has 0 saturated heterocycles. The third-order valence-electron chi connectivity index (χ3n) is 1.22. The Morgan fingerprint density at radius 1 is 1.38 bits per heavy atom. The van der Waals surface area contributed by atoms with Crippen LogP contribution in [0.25, 0.3) is 0 Å². The molecule has 0 bridgehead atoms. The zero-order valence-electron chi connectivity index (χ0n) is 6.37. The molecule has 4 heteroatoms. The summed E-state index contributed by atoms with van der Waals surface area (Å²) >= 11 is 5.58. The van der Waals surface area contributed by atoms with Crippen LogP contribution in [0.5, 0.6) is 0 Å². The molecule has 60 valence electrons. The molecule has 0 atom stereocenters. The van der Waals surface area contributed by atoms with E-state index in [0.717, 1.165) is 0 Å². The Labute approximate surface area is 80.2 Å². The zero-order chi connectivity index (χ0) is 9.68. The molecular formula is C9H2ClN3. The van der Waals surface area contributed by atoms with Gasteiger partial charge in [-0.15, -0.1) is 0 Å². The van der Waals surface area contributed by atoms with Crippen LogP contribution in [0.2, 0.25) is 5.15 Å². The minimum atomic E-state index is 0.144. The van der Waals surface area contributed by atoms with E-state index in [1.165, 1.54) is 12.3 Å². The van der Waals surface area contributed by atoms with Gasteiger partial charge in [-0.05, 0) is 12.0 Å². The van der Waals surface area contributed by atoms with Gasteiger partial charge in [-0.1, -0.05) is 11.6 Å². The molecule has 3 nitrogen and oxygen atoms in total. The van der Waals surface area contributed by atoms with E-state index in [1.54, 1.807) is 6.07 Å². The van der Waals surface area contributed by atoms with E-state index in [1.807, 2.05) is 6.07 Å². The number of hydrogen-bond acceptors (Lipinski definition) is 3. The molecule has 0 radical (unpaired) electrons. The van der Waals surface area contributed by atoms with Gasteiger partial charge in [0.15, 0.2) is 6.07 Å². The van der Waals surface area contributed by atoms with Crippen molar-refractivity contribution in [3.8, 4) is 24.0 Å². The van der Waals surface area contributed by atoms with Crippen LogP contribution in [0.4, 0.5) is 0 Å². The molecular weight excluding hydrogens is 186 g/mol. The molecule has 1 rings (SSSR count). The Kier molecular flexibility index (Phi) is 2.87. The van der Waals surface area contributed by atoms with Crippen LogP contribution in [0.3, 0.4) is 0 Å². The van der Waals surface area contributed by atoms with Crippen LogP contribution in [0, 0.1) is 34.5 Å². The van der Waals surface area contributed by atoms with E-state index < -0.39 is 0 Å². The van der Waals surface area contributed by atoms with E-state index >= 15 is 0 Å². The molecule has 1 heterocycles. The Balaban J connectivity index is 3.18. The van der Waals surface area contributed by atoms with Gasteiger partial charge in [-0.3, -0.25) is 0 Å². The number of hydrogen-bond donors (Lipinski definition) is 0. The molecule has 0 aliphatic carbocycles. The second-order valence-electron chi connectivity index (χ2n) is 2.04. The third-order valence-corrected chi connectivity index (χ3v) is 1.52. The van der Waals surface area contributed by atoms with Crippen LogP contribution in [-0.2, 0) is 0 Å². The Morgan fingerprint density at radius 2 is 2.15 bits per heavy atom. The highest BCUT2D eigenvalue weighted by Crippen LogP contribution is 2.11. The van der Waals surface area contributed by atoms with Gasteiger partial charge in [0.2, 0.25) is 0 Å². The van der Waals surface area contributed by atoms with Gasteiger partial charge in [0, 0.05) is 17.7 Å². The molecule has 0 saturated carbocycles. The van der Waals surface area contributed by atoms with Gasteiger partial charge in [0.25, 0.3) is 0 Å². The van der Waals surface area contributed by atoms with Gasteiger partial charge in [0.05, 0.1) is 5.56 Å². The second-order valence-corrected chi connectivity index (χ2v) is 2.39. The average Bonchev–Trinajstić information content (AvgIpc) is 2.16. The van der Waals surface area contributed by atoms with E-state index in [2.05, 4.69) is 16.8 Å². The van der Waals surface area contributed by atoms with Gasteiger partial charge >= 0.3 is 0 Å². The van der Waals surface area contributed by atoms with Crippen LogP contribution in [0.15, 0.2) is 12.3 Å². The largest absolute Gasteiger partial charge is 0.242 e. The molecule has 0 fully saturated rings. The van der Waals surface area contributed by atoms with Gasteiger partial charge in [0.1, 0.15) is 11.2 Å². The molecule has 0 spiro atoms. The van der Waals surface area contributed by atoms with Crippen molar-refractivity contribution in [1.82, 2.24) is 4.98 Å². The lowest BCUT2D eigenvalue weighted by atomic mass is 10.2. The molecule has 0 aromatic carbocycles. The van der Waals surface area contributed by atoms with Crippen molar-refractivity contribution in [1.29, 1.82) is 10.5 Å². The maximum atomic E-state index is 8.58. The summed E-state index contributed by atoms with van der Waals surface area (Å²) in [6.07, 6.45) is 1.41. The van der Waals surface area contributed by atoms with E-state index in [9.17, 15) is 0 Å². The molecule has 0 aliphatic rings. The highest BCUT2D eigenvalue weighted by molar-refractivity contribution is 6.30. The lowest BCUT2D eigenvalue weighted by molar-refractivity contribution is 1.29. The number of halogens is 1. The zero-order valence-corrected chi connectivity index (χ0v) is 7.13. The molecule has 1 aromatic rings. The van der Waals surface area contributed by atoms with Crippen LogP contribution in [-0.4, -0.2) is 4.98 Å². The Hall–Kier alpha value is -2.02. The normalized spacial score (nSPS) is 7.62. The highest BCUT2D eigenvalue weighted by Gasteiger charge is 2.00. The molecule has 0 aliphatic heterocycles. The summed E-state index contributed by atoms with van der Waals surface area (Å²) in [6, 6.07) is 5.02. The van der Waals surface area contributed by atoms with Gasteiger partial charge in [-0.25, -0.2) is 4.98 Å². The standard InChI is InChI=1S/C9H2ClN3/c10-9-8(5-12)4-7(6-13-9)2-1-3-11/h4,6H. The number of pyridine rings is 1. The maximum absolute atomic E-state index is 8.58. The van der Waals surface area contributed by atoms with E-state index in [0.29, 0.717) is 5.56 Å². The SMILES string of the molecule is N#CC#Cc1cnc(Cl)c(C#N)c1. The first-order chi connectivity index (χ1) is 6.27. The van der Waals surface area contributed by atoms with E-state index in [4.69, 9.17) is 22.1 Å². The summed E-state index contributed by atoms with van der Waals surface area (Å²) in [6.45, 7) is 0. The van der Waals surface area contributed by atoms with Gasteiger partial charge in [-0.2, -0.15) is 10.5 Å². The first-order valence-electron chi connectivity index (χ1n) is 3.23. The van der Waals surface area contributed by atoms with Crippen molar-refractivity contribution in [2.45, 2.75) is 0 Å². The topological polar surface area (TPSA) is 60.5 Å². The van der Waals surface area contributed by atoms with Crippen molar-refractivity contribution in [2.75, 3.05) is 0 Å². The predicted octanol–water partition coefficient (Wildman–Crippen LogP) is 1.48. The highest BCUT2D eigenvalue weighted by atomic mass is 35.5. The van der Waals surface area contributed by atoms with Crippen molar-refractivity contribution in [2.24, 2.45) is 0 Å². The molecule has 0 amide bonds. The predicted molar refractivity (Wildman–Crippen MR) is 46.5 cm³/mol. The first-order valence-corrected chi connectivity index (χ1v) is 3.61. The monoisotopic (exact) mass is 187 g/mol. The van der Waals surface area contributed by atoms with Crippen LogP contribution in [0.1, 0.15) is 11.1 Å². The number of aromatic nitrogens is 1. The molecule has 0 N–H and O–H groups in total. The molecule has 13 heavy (non-hydrogen) atoms. The number of nitrogens with zero attached hydrogens (tertiary/aromatic N) is 3. The van der Waals surface area contributed by atoms with Crippen molar-refractivity contribution in [3.05, 3.63) is 28.5 Å². The summed E-state index contributed by atoms with van der Waals surface area (Å²) in [5.74, 6) is 4.71. The average molecular weight is 188 g/mol. The van der Waals surface area contributed by atoms with E-state index in [-0.39, 0.29) is 10.7 Å². The fourth-order valence-electron chi connectivity index (χ4n) is 0.695. The minimum Gasteiger partial charge on any atom is -0.242 e. The quantitative estimate of drug-likeness (QED) is 0.457. The van der Waals surface area contributed by atoms with Crippen LogP contribution < -0.4 is 0 Å². The van der Waals surface area contributed by atoms with Crippen molar-refractivity contribution >= 4 is 11.6 Å². The second kappa shape index (κ2) is 4.12. The van der Waals surface area contributed by atoms with Crippen LogP contribution >= 0.6 is 11.6 Å². The number of rotatable bonds is 0. The first kappa shape index (κ1) is 9.07. The lowest BCUT2D eigenvalue weighted by Gasteiger charge is -1.92. The third kappa shape index (κ3) is 2.20. The summed E-state index contributed by atoms with van der Waals surface area (Å²) in [5, 5.41) is 16.9. The van der Waals surface area contributed by atoms with Crippen molar-refractivity contribution < 1.29 is 0 Å². The smallest absolute Gasteiger partial charge is 0.152 e. The summed E-state index contributed by atoms with van der Waals surface area (Å²) < 4.78 is 0. The fraction of sp³-hybridized carbons (Fsp3) is 0. The lowest BCUT2D eigenvalue weighted by Crippen LogP contribution is -1.84. The molecule has 1 aromatic heterocycles. The Bertz CT molecular complexity index is 468. The fourth-order valence-corrected chi connectivity index (χ4v) is 0.841. The summed E-state index contributed by atoms with van der Waals surface area (Å²) in [5.41, 5.74) is 0.758. The molecule has 0 unspecified atom stereocenters. The minimum absolute atomic E-state index is 0.144. The van der Waals surface area contributed by atoms with Crippen molar-refractivity contribution in [3.63, 3.8) is 0 Å².